The maximum atomic E-state index is 6.15. The van der Waals surface area contributed by atoms with E-state index in [0.717, 1.165) is 17.9 Å². The molecule has 0 saturated carbocycles. The van der Waals surface area contributed by atoms with Gasteiger partial charge in [-0.05, 0) is 56.9 Å². The van der Waals surface area contributed by atoms with Gasteiger partial charge in [0.1, 0.15) is 5.82 Å². The molecule has 1 fully saturated rings. The van der Waals surface area contributed by atoms with Gasteiger partial charge < -0.3 is 9.47 Å². The van der Waals surface area contributed by atoms with Gasteiger partial charge in [0.25, 0.3) is 0 Å². The zero-order chi connectivity index (χ0) is 15.0. The lowest BCUT2D eigenvalue weighted by molar-refractivity contribution is 0.121. The number of hydrogen-bond donors (Lipinski definition) is 0. The number of piperidine rings is 1. The van der Waals surface area contributed by atoms with Crippen LogP contribution in [0, 0.1) is 12.3 Å². The molecule has 3 rings (SSSR count). The number of rotatable bonds is 3. The monoisotopic (exact) mass is 305 g/mol. The molecule has 1 saturated heterocycles. The number of nitrogens with zero attached hydrogens (tertiary/aromatic N) is 3. The smallest absolute Gasteiger partial charge is 0.124 e. The van der Waals surface area contributed by atoms with Gasteiger partial charge in [0.05, 0.1) is 16.9 Å². The van der Waals surface area contributed by atoms with Crippen LogP contribution in [-0.4, -0.2) is 34.6 Å². The lowest BCUT2D eigenvalue weighted by Crippen LogP contribution is -2.38. The highest BCUT2D eigenvalue weighted by Gasteiger charge is 2.30. The van der Waals surface area contributed by atoms with Gasteiger partial charge in [0.2, 0.25) is 0 Å². The van der Waals surface area contributed by atoms with Gasteiger partial charge in [-0.25, -0.2) is 4.98 Å². The summed E-state index contributed by atoms with van der Waals surface area (Å²) in [5.41, 5.74) is 3.90. The van der Waals surface area contributed by atoms with Crippen LogP contribution in [0.1, 0.15) is 31.2 Å². The fraction of sp³-hybridized carbons (Fsp3) is 0.588. The van der Waals surface area contributed by atoms with E-state index in [4.69, 9.17) is 16.6 Å². The molecule has 114 valence electrons. The third-order valence-corrected chi connectivity index (χ3v) is 5.15. The van der Waals surface area contributed by atoms with Gasteiger partial charge in [-0.1, -0.05) is 19.1 Å². The van der Waals surface area contributed by atoms with Gasteiger partial charge in [-0.15, -0.1) is 11.6 Å². The zero-order valence-electron chi connectivity index (χ0n) is 13.2. The van der Waals surface area contributed by atoms with E-state index in [-0.39, 0.29) is 0 Å². The van der Waals surface area contributed by atoms with Crippen LogP contribution in [0.15, 0.2) is 18.2 Å². The van der Waals surface area contributed by atoms with Gasteiger partial charge >= 0.3 is 0 Å². The first kappa shape index (κ1) is 14.9. The Bertz CT molecular complexity index is 639. The third kappa shape index (κ3) is 2.82. The predicted octanol–water partition coefficient (Wildman–Crippen LogP) is 3.82. The fourth-order valence-electron chi connectivity index (χ4n) is 3.31. The van der Waals surface area contributed by atoms with E-state index in [1.807, 2.05) is 0 Å². The number of halogens is 1. The second-order valence-electron chi connectivity index (χ2n) is 6.80. The third-order valence-electron chi connectivity index (χ3n) is 4.91. The average molecular weight is 306 g/mol. The molecule has 1 aromatic carbocycles. The van der Waals surface area contributed by atoms with Crippen LogP contribution in [0.3, 0.4) is 0 Å². The summed E-state index contributed by atoms with van der Waals surface area (Å²) in [5, 5.41) is 0. The molecular formula is C17H24ClN3. The highest BCUT2D eigenvalue weighted by Crippen LogP contribution is 2.34. The Labute approximate surface area is 131 Å². The van der Waals surface area contributed by atoms with Crippen molar-refractivity contribution >= 4 is 22.6 Å². The SMILES string of the molecule is Cc1cccc2c1nc(CCl)n2CC1(C)CCN(C)CC1. The molecular weight excluding hydrogens is 282 g/mol. The number of aryl methyl sites for hydroxylation is 1. The Balaban J connectivity index is 1.98. The second kappa shape index (κ2) is 5.62. The van der Waals surface area contributed by atoms with Crippen LogP contribution in [0.4, 0.5) is 0 Å². The van der Waals surface area contributed by atoms with Gasteiger partial charge in [0.15, 0.2) is 0 Å². The summed E-state index contributed by atoms with van der Waals surface area (Å²) in [7, 11) is 2.21. The lowest BCUT2D eigenvalue weighted by atomic mass is 9.80. The van der Waals surface area contributed by atoms with Crippen LogP contribution in [-0.2, 0) is 12.4 Å². The summed E-state index contributed by atoms with van der Waals surface area (Å²) >= 11 is 6.15. The molecule has 0 amide bonds. The Morgan fingerprint density at radius 2 is 2.00 bits per heavy atom. The first-order chi connectivity index (χ1) is 10.0. The number of aromatic nitrogens is 2. The number of hydrogen-bond acceptors (Lipinski definition) is 2. The molecule has 21 heavy (non-hydrogen) atoms. The summed E-state index contributed by atoms with van der Waals surface area (Å²) in [6.07, 6.45) is 2.47. The maximum Gasteiger partial charge on any atom is 0.124 e. The number of imidazole rings is 1. The van der Waals surface area contributed by atoms with E-state index in [2.05, 4.69) is 48.6 Å². The standard InChI is InChI=1S/C17H24ClN3/c1-13-5-4-6-14-16(13)19-15(11-18)21(14)12-17(2)7-9-20(3)10-8-17/h4-6H,7-12H2,1-3H3. The molecule has 0 bridgehead atoms. The van der Waals surface area contributed by atoms with Crippen molar-refractivity contribution in [2.24, 2.45) is 5.41 Å². The molecule has 1 aliphatic rings. The average Bonchev–Trinajstić information content (AvgIpc) is 2.82. The molecule has 2 heterocycles. The molecule has 0 atom stereocenters. The minimum Gasteiger partial charge on any atom is -0.326 e. The largest absolute Gasteiger partial charge is 0.326 e. The first-order valence-corrected chi connectivity index (χ1v) is 8.25. The summed E-state index contributed by atoms with van der Waals surface area (Å²) in [4.78, 5) is 7.18. The fourth-order valence-corrected chi connectivity index (χ4v) is 3.52. The predicted molar refractivity (Wildman–Crippen MR) is 88.9 cm³/mol. The van der Waals surface area contributed by atoms with E-state index < -0.39 is 0 Å². The van der Waals surface area contributed by atoms with Crippen LogP contribution < -0.4 is 0 Å². The second-order valence-corrected chi connectivity index (χ2v) is 7.07. The van der Waals surface area contributed by atoms with Crippen LogP contribution in [0.2, 0.25) is 0 Å². The molecule has 0 radical (unpaired) electrons. The minimum atomic E-state index is 0.338. The maximum absolute atomic E-state index is 6.15. The van der Waals surface area contributed by atoms with Gasteiger partial charge in [-0.3, -0.25) is 0 Å². The van der Waals surface area contributed by atoms with E-state index >= 15 is 0 Å². The number of fused-ring (bicyclic) bond motifs is 1. The normalized spacial score (nSPS) is 19.2. The molecule has 0 spiro atoms. The van der Waals surface area contributed by atoms with Crippen LogP contribution >= 0.6 is 11.6 Å². The molecule has 0 N–H and O–H groups in total. The topological polar surface area (TPSA) is 21.1 Å². The molecule has 1 aromatic heterocycles. The van der Waals surface area contributed by atoms with Crippen LogP contribution in [0.25, 0.3) is 11.0 Å². The van der Waals surface area contributed by atoms with Crippen molar-refractivity contribution in [3.63, 3.8) is 0 Å². The molecule has 1 aliphatic heterocycles. The Hall–Kier alpha value is -1.06. The summed E-state index contributed by atoms with van der Waals surface area (Å²) in [5.74, 6) is 1.48. The molecule has 2 aromatic rings. The number of para-hydroxylation sites is 1. The number of benzene rings is 1. The van der Waals surface area contributed by atoms with Gasteiger partial charge in [0, 0.05) is 6.54 Å². The van der Waals surface area contributed by atoms with Crippen molar-refractivity contribution in [3.8, 4) is 0 Å². The summed E-state index contributed by atoms with van der Waals surface area (Å²) in [6, 6.07) is 6.41. The number of alkyl halides is 1. The minimum absolute atomic E-state index is 0.338. The van der Waals surface area contributed by atoms with E-state index in [0.29, 0.717) is 11.3 Å². The van der Waals surface area contributed by atoms with Crippen molar-refractivity contribution in [1.82, 2.24) is 14.5 Å². The first-order valence-electron chi connectivity index (χ1n) is 7.72. The Morgan fingerprint density at radius 1 is 1.29 bits per heavy atom. The zero-order valence-corrected chi connectivity index (χ0v) is 14.0. The van der Waals surface area contributed by atoms with Crippen molar-refractivity contribution < 1.29 is 0 Å². The molecule has 0 unspecified atom stereocenters. The summed E-state index contributed by atoms with van der Waals surface area (Å²) < 4.78 is 2.35. The van der Waals surface area contributed by atoms with E-state index in [1.165, 1.54) is 37.0 Å². The van der Waals surface area contributed by atoms with E-state index in [9.17, 15) is 0 Å². The van der Waals surface area contributed by atoms with Crippen LogP contribution in [0.5, 0.6) is 0 Å². The quantitative estimate of drug-likeness (QED) is 0.804. The Morgan fingerprint density at radius 3 is 2.67 bits per heavy atom. The van der Waals surface area contributed by atoms with Crippen molar-refractivity contribution in [2.75, 3.05) is 20.1 Å². The van der Waals surface area contributed by atoms with Crippen molar-refractivity contribution in [3.05, 3.63) is 29.6 Å². The summed E-state index contributed by atoms with van der Waals surface area (Å²) in [6.45, 7) is 7.90. The van der Waals surface area contributed by atoms with Crippen molar-refractivity contribution in [1.29, 1.82) is 0 Å². The Kier molecular flexibility index (Phi) is 3.98. The molecule has 3 nitrogen and oxygen atoms in total. The molecule has 4 heteroatoms. The molecule has 0 aliphatic carbocycles. The lowest BCUT2D eigenvalue weighted by Gasteiger charge is -2.38. The highest BCUT2D eigenvalue weighted by molar-refractivity contribution is 6.16. The highest BCUT2D eigenvalue weighted by atomic mass is 35.5. The van der Waals surface area contributed by atoms with Crippen molar-refractivity contribution in [2.45, 2.75) is 39.1 Å². The number of likely N-dealkylation sites (tertiary alicyclic amines) is 1. The van der Waals surface area contributed by atoms with E-state index in [1.54, 1.807) is 0 Å². The van der Waals surface area contributed by atoms with Gasteiger partial charge in [-0.2, -0.15) is 0 Å².